The first-order valence-electron chi connectivity index (χ1n) is 7.01. The molecule has 20 heavy (non-hydrogen) atoms. The molecule has 1 aromatic carbocycles. The first-order valence-corrected chi connectivity index (χ1v) is 7.01. The van der Waals surface area contributed by atoms with Crippen LogP contribution in [-0.4, -0.2) is 25.3 Å². The molecule has 0 amide bonds. The molecule has 4 nitrogen and oxygen atoms in total. The molecule has 0 unspecified atom stereocenters. The van der Waals surface area contributed by atoms with Gasteiger partial charge in [-0.3, -0.25) is 4.79 Å². The van der Waals surface area contributed by atoms with E-state index in [1.165, 1.54) is 0 Å². The van der Waals surface area contributed by atoms with Crippen molar-refractivity contribution in [2.24, 2.45) is 0 Å². The molecule has 0 spiro atoms. The van der Waals surface area contributed by atoms with Crippen molar-refractivity contribution in [2.75, 3.05) is 14.2 Å². The van der Waals surface area contributed by atoms with Crippen molar-refractivity contribution in [3.05, 3.63) is 23.3 Å². The Labute approximate surface area is 119 Å². The van der Waals surface area contributed by atoms with Gasteiger partial charge in [0.2, 0.25) is 0 Å². The summed E-state index contributed by atoms with van der Waals surface area (Å²) < 4.78 is 10.7. The highest BCUT2D eigenvalue weighted by atomic mass is 16.5. The smallest absolute Gasteiger partial charge is 0.314 e. The summed E-state index contributed by atoms with van der Waals surface area (Å²) in [5.41, 5.74) is 0.968. The Bertz CT molecular complexity index is 501. The maximum atomic E-state index is 11.9. The normalized spacial score (nSPS) is 17.6. The number of aryl methyl sites for hydroxylation is 1. The minimum atomic E-state index is -0.775. The fourth-order valence-corrected chi connectivity index (χ4v) is 3.21. The number of carboxylic acids is 1. The Kier molecular flexibility index (Phi) is 4.21. The zero-order valence-corrected chi connectivity index (χ0v) is 12.4. The van der Waals surface area contributed by atoms with E-state index in [0.29, 0.717) is 24.3 Å². The largest absolute Gasteiger partial charge is 0.493 e. The molecule has 1 saturated carbocycles. The van der Waals surface area contributed by atoms with E-state index in [4.69, 9.17) is 9.47 Å². The van der Waals surface area contributed by atoms with Crippen LogP contribution in [0.2, 0.25) is 0 Å². The van der Waals surface area contributed by atoms with Gasteiger partial charge in [0, 0.05) is 0 Å². The van der Waals surface area contributed by atoms with Gasteiger partial charge in [0.05, 0.1) is 19.6 Å². The molecule has 1 N–H and O–H groups in total. The quantitative estimate of drug-likeness (QED) is 0.918. The molecule has 0 radical (unpaired) electrons. The summed E-state index contributed by atoms with van der Waals surface area (Å²) in [5, 5.41) is 9.75. The highest BCUT2D eigenvalue weighted by molar-refractivity contribution is 5.82. The van der Waals surface area contributed by atoms with E-state index in [-0.39, 0.29) is 0 Å². The first-order chi connectivity index (χ1) is 9.55. The average molecular weight is 278 g/mol. The number of rotatable bonds is 4. The van der Waals surface area contributed by atoms with Crippen LogP contribution in [0.5, 0.6) is 11.5 Å². The van der Waals surface area contributed by atoms with Crippen LogP contribution in [0.4, 0.5) is 0 Å². The van der Waals surface area contributed by atoms with Crippen molar-refractivity contribution in [3.63, 3.8) is 0 Å². The fourth-order valence-electron chi connectivity index (χ4n) is 3.21. The van der Waals surface area contributed by atoms with Gasteiger partial charge in [0.25, 0.3) is 0 Å². The van der Waals surface area contributed by atoms with E-state index >= 15 is 0 Å². The van der Waals surface area contributed by atoms with Gasteiger partial charge in [-0.1, -0.05) is 25.3 Å². The predicted octanol–water partition coefficient (Wildman–Crippen LogP) is 3.30. The zero-order chi connectivity index (χ0) is 14.8. The van der Waals surface area contributed by atoms with Gasteiger partial charge in [-0.2, -0.15) is 0 Å². The van der Waals surface area contributed by atoms with Gasteiger partial charge in [0.15, 0.2) is 11.5 Å². The number of aliphatic carboxylic acids is 1. The molecule has 0 saturated heterocycles. The first kappa shape index (κ1) is 14.7. The Balaban J connectivity index is 2.54. The molecule has 1 fully saturated rings. The van der Waals surface area contributed by atoms with Crippen LogP contribution in [0, 0.1) is 6.92 Å². The van der Waals surface area contributed by atoms with Crippen molar-refractivity contribution >= 4 is 5.97 Å². The molecule has 1 aliphatic rings. The summed E-state index contributed by atoms with van der Waals surface area (Å²) in [7, 11) is 3.17. The fraction of sp³-hybridized carbons (Fsp3) is 0.562. The highest BCUT2D eigenvalue weighted by Gasteiger charge is 2.42. The Morgan fingerprint density at radius 3 is 2.30 bits per heavy atom. The van der Waals surface area contributed by atoms with Gasteiger partial charge < -0.3 is 14.6 Å². The third-order valence-corrected chi connectivity index (χ3v) is 4.33. The van der Waals surface area contributed by atoms with Crippen LogP contribution in [0.3, 0.4) is 0 Å². The number of benzene rings is 1. The van der Waals surface area contributed by atoms with Crippen LogP contribution in [-0.2, 0) is 10.2 Å². The summed E-state index contributed by atoms with van der Waals surface area (Å²) in [5.74, 6) is 0.546. The van der Waals surface area contributed by atoms with Crippen molar-refractivity contribution in [1.29, 1.82) is 0 Å². The number of carboxylic acid groups (broad SMARTS) is 1. The molecule has 0 aliphatic heterocycles. The minimum absolute atomic E-state index is 0.605. The number of ether oxygens (including phenoxy) is 2. The summed E-state index contributed by atoms with van der Waals surface area (Å²) in [6, 6.07) is 3.76. The number of hydrogen-bond acceptors (Lipinski definition) is 3. The number of hydrogen-bond donors (Lipinski definition) is 1. The standard InChI is InChI=1S/C16H22O4/c1-11-9-12(10-13(19-2)14(11)20-3)16(15(17)18)7-5-4-6-8-16/h9-10H,4-8H2,1-3H3,(H,17,18). The summed E-state index contributed by atoms with van der Waals surface area (Å²) in [6.07, 6.45) is 4.41. The third kappa shape index (κ3) is 2.35. The maximum Gasteiger partial charge on any atom is 0.314 e. The second kappa shape index (κ2) is 5.73. The number of carbonyl (C=O) groups is 1. The summed E-state index contributed by atoms with van der Waals surface area (Å²) in [4.78, 5) is 11.9. The van der Waals surface area contributed by atoms with Crippen molar-refractivity contribution in [2.45, 2.75) is 44.4 Å². The van der Waals surface area contributed by atoms with Crippen LogP contribution < -0.4 is 9.47 Å². The molecular weight excluding hydrogens is 256 g/mol. The van der Waals surface area contributed by atoms with E-state index in [1.54, 1.807) is 14.2 Å². The molecular formula is C16H22O4. The lowest BCUT2D eigenvalue weighted by Gasteiger charge is -2.34. The van der Waals surface area contributed by atoms with E-state index < -0.39 is 11.4 Å². The lowest BCUT2D eigenvalue weighted by molar-refractivity contribution is -0.145. The SMILES string of the molecule is COc1cc(C2(C(=O)O)CCCCC2)cc(C)c1OC. The second-order valence-electron chi connectivity index (χ2n) is 5.48. The van der Waals surface area contributed by atoms with Gasteiger partial charge in [0.1, 0.15) is 0 Å². The van der Waals surface area contributed by atoms with E-state index in [0.717, 1.165) is 30.4 Å². The van der Waals surface area contributed by atoms with Crippen molar-refractivity contribution < 1.29 is 19.4 Å². The predicted molar refractivity (Wildman–Crippen MR) is 76.7 cm³/mol. The van der Waals surface area contributed by atoms with Crippen LogP contribution >= 0.6 is 0 Å². The third-order valence-electron chi connectivity index (χ3n) is 4.33. The lowest BCUT2D eigenvalue weighted by atomic mass is 9.69. The molecule has 0 bridgehead atoms. The monoisotopic (exact) mass is 278 g/mol. The summed E-state index contributed by atoms with van der Waals surface area (Å²) in [6.45, 7) is 1.92. The second-order valence-corrected chi connectivity index (χ2v) is 5.48. The van der Waals surface area contributed by atoms with Crippen LogP contribution in [0.1, 0.15) is 43.2 Å². The summed E-state index contributed by atoms with van der Waals surface area (Å²) >= 11 is 0. The minimum Gasteiger partial charge on any atom is -0.493 e. The molecule has 2 rings (SSSR count). The molecule has 0 heterocycles. The molecule has 1 aliphatic carbocycles. The molecule has 0 aromatic heterocycles. The molecule has 4 heteroatoms. The van der Waals surface area contributed by atoms with E-state index in [1.807, 2.05) is 19.1 Å². The highest BCUT2D eigenvalue weighted by Crippen LogP contribution is 2.43. The average Bonchev–Trinajstić information content (AvgIpc) is 2.46. The van der Waals surface area contributed by atoms with Crippen molar-refractivity contribution in [3.8, 4) is 11.5 Å². The maximum absolute atomic E-state index is 11.9. The lowest BCUT2D eigenvalue weighted by Crippen LogP contribution is -2.37. The van der Waals surface area contributed by atoms with Crippen LogP contribution in [0.15, 0.2) is 12.1 Å². The van der Waals surface area contributed by atoms with Gasteiger partial charge in [-0.15, -0.1) is 0 Å². The Hall–Kier alpha value is -1.71. The Morgan fingerprint density at radius 1 is 1.15 bits per heavy atom. The van der Waals surface area contributed by atoms with E-state index in [9.17, 15) is 9.90 Å². The van der Waals surface area contributed by atoms with Gasteiger partial charge in [-0.25, -0.2) is 0 Å². The van der Waals surface area contributed by atoms with E-state index in [2.05, 4.69) is 0 Å². The Morgan fingerprint density at radius 2 is 1.80 bits per heavy atom. The topological polar surface area (TPSA) is 55.8 Å². The molecule has 110 valence electrons. The van der Waals surface area contributed by atoms with Crippen molar-refractivity contribution in [1.82, 2.24) is 0 Å². The van der Waals surface area contributed by atoms with Crippen LogP contribution in [0.25, 0.3) is 0 Å². The molecule has 1 aromatic rings. The molecule has 0 atom stereocenters. The number of methoxy groups -OCH3 is 2. The van der Waals surface area contributed by atoms with Gasteiger partial charge >= 0.3 is 5.97 Å². The van der Waals surface area contributed by atoms with Gasteiger partial charge in [-0.05, 0) is 37.0 Å². The zero-order valence-electron chi connectivity index (χ0n) is 12.4.